The molecular formula is C18H24N6. The number of hydrogen-bond donors (Lipinski definition) is 2. The van der Waals surface area contributed by atoms with Gasteiger partial charge in [-0.15, -0.1) is 10.2 Å². The quantitative estimate of drug-likeness (QED) is 0.773. The molecule has 3 atom stereocenters. The van der Waals surface area contributed by atoms with Gasteiger partial charge in [0.25, 0.3) is 0 Å². The van der Waals surface area contributed by atoms with E-state index in [1.807, 2.05) is 0 Å². The predicted octanol–water partition coefficient (Wildman–Crippen LogP) is 2.48. The Balaban J connectivity index is 1.67. The lowest BCUT2D eigenvalue weighted by atomic mass is 9.88. The van der Waals surface area contributed by atoms with E-state index in [1.165, 1.54) is 16.5 Å². The van der Waals surface area contributed by atoms with Gasteiger partial charge in [-0.1, -0.05) is 25.1 Å². The van der Waals surface area contributed by atoms with Crippen LogP contribution in [0.2, 0.25) is 0 Å². The monoisotopic (exact) mass is 324 g/mol. The summed E-state index contributed by atoms with van der Waals surface area (Å²) in [5, 5.41) is 9.20. The number of H-pyrrole nitrogens is 1. The van der Waals surface area contributed by atoms with Crippen LogP contribution >= 0.6 is 0 Å². The Morgan fingerprint density at radius 3 is 2.83 bits per heavy atom. The van der Waals surface area contributed by atoms with Crippen molar-refractivity contribution in [1.29, 1.82) is 0 Å². The summed E-state index contributed by atoms with van der Waals surface area (Å²) in [6.45, 7) is 4.22. The number of nitrogens with one attached hydrogen (secondary N) is 1. The molecule has 0 spiro atoms. The molecule has 2 aromatic heterocycles. The van der Waals surface area contributed by atoms with Crippen LogP contribution in [0, 0.1) is 0 Å². The van der Waals surface area contributed by atoms with Crippen LogP contribution in [0.4, 0.5) is 0 Å². The van der Waals surface area contributed by atoms with E-state index >= 15 is 0 Å². The van der Waals surface area contributed by atoms with Crippen molar-refractivity contribution in [3.63, 3.8) is 0 Å². The molecule has 3 unspecified atom stereocenters. The van der Waals surface area contributed by atoms with Crippen LogP contribution in [0.15, 0.2) is 43.1 Å². The van der Waals surface area contributed by atoms with Crippen LogP contribution in [0.1, 0.15) is 37.4 Å². The molecule has 3 heterocycles. The van der Waals surface area contributed by atoms with Gasteiger partial charge in [0.1, 0.15) is 12.7 Å². The number of piperidine rings is 1. The Bertz CT molecular complexity index is 793. The van der Waals surface area contributed by atoms with Gasteiger partial charge < -0.3 is 15.3 Å². The van der Waals surface area contributed by atoms with Gasteiger partial charge in [-0.25, -0.2) is 0 Å². The first kappa shape index (κ1) is 15.4. The second-order valence-corrected chi connectivity index (χ2v) is 6.68. The van der Waals surface area contributed by atoms with Crippen molar-refractivity contribution < 1.29 is 0 Å². The Hall–Kier alpha value is -2.18. The molecule has 24 heavy (non-hydrogen) atoms. The summed E-state index contributed by atoms with van der Waals surface area (Å²) in [5.41, 5.74) is 9.11. The standard InChI is InChI=1S/C18H24N6/c1-2-7-23-10-18(24-11-21-22-12-24)15(19)8-17(23)14-9-20-16-6-4-3-5-13(14)16/h3-6,9,11-12,15,17-18,20H,2,7-8,10,19H2,1H3. The lowest BCUT2D eigenvalue weighted by Gasteiger charge is -2.43. The van der Waals surface area contributed by atoms with E-state index in [-0.39, 0.29) is 12.1 Å². The highest BCUT2D eigenvalue weighted by molar-refractivity contribution is 5.83. The van der Waals surface area contributed by atoms with E-state index < -0.39 is 0 Å². The van der Waals surface area contributed by atoms with Crippen LogP contribution in [-0.2, 0) is 0 Å². The Morgan fingerprint density at radius 1 is 1.25 bits per heavy atom. The molecule has 1 saturated heterocycles. The Labute approximate surface area is 141 Å². The molecule has 0 saturated carbocycles. The summed E-state index contributed by atoms with van der Waals surface area (Å²) in [7, 11) is 0. The number of aromatic nitrogens is 4. The zero-order valence-corrected chi connectivity index (χ0v) is 14.0. The molecule has 1 aromatic carbocycles. The van der Waals surface area contributed by atoms with E-state index in [4.69, 9.17) is 5.73 Å². The van der Waals surface area contributed by atoms with E-state index in [9.17, 15) is 0 Å². The molecule has 1 aliphatic heterocycles. The van der Waals surface area contributed by atoms with Gasteiger partial charge in [-0.3, -0.25) is 4.90 Å². The smallest absolute Gasteiger partial charge is 0.119 e. The first-order chi connectivity index (χ1) is 11.8. The number of rotatable bonds is 4. The molecular weight excluding hydrogens is 300 g/mol. The third-order valence-electron chi connectivity index (χ3n) is 5.16. The third-order valence-corrected chi connectivity index (χ3v) is 5.16. The fraction of sp³-hybridized carbons (Fsp3) is 0.444. The molecule has 126 valence electrons. The second-order valence-electron chi connectivity index (χ2n) is 6.68. The summed E-state index contributed by atoms with van der Waals surface area (Å²) >= 11 is 0. The SMILES string of the molecule is CCCN1CC(n2cnnc2)C(N)CC1c1c[nH]c2ccccc12. The van der Waals surface area contributed by atoms with Gasteiger partial charge >= 0.3 is 0 Å². The molecule has 6 nitrogen and oxygen atoms in total. The number of likely N-dealkylation sites (tertiary alicyclic amines) is 1. The minimum Gasteiger partial charge on any atom is -0.361 e. The molecule has 0 aliphatic carbocycles. The second kappa shape index (κ2) is 6.37. The number of fused-ring (bicyclic) bond motifs is 1. The Morgan fingerprint density at radius 2 is 2.04 bits per heavy atom. The topological polar surface area (TPSA) is 75.8 Å². The summed E-state index contributed by atoms with van der Waals surface area (Å²) in [6, 6.07) is 9.17. The largest absolute Gasteiger partial charge is 0.361 e. The fourth-order valence-electron chi connectivity index (χ4n) is 3.99. The number of para-hydroxylation sites is 1. The van der Waals surface area contributed by atoms with Gasteiger partial charge in [0, 0.05) is 35.7 Å². The van der Waals surface area contributed by atoms with Crippen LogP contribution in [0.3, 0.4) is 0 Å². The van der Waals surface area contributed by atoms with Gasteiger partial charge in [-0.2, -0.15) is 0 Å². The molecule has 4 rings (SSSR count). The molecule has 1 aliphatic rings. The van der Waals surface area contributed by atoms with Crippen LogP contribution < -0.4 is 5.73 Å². The van der Waals surface area contributed by atoms with Crippen molar-refractivity contribution >= 4 is 10.9 Å². The number of nitrogens with zero attached hydrogens (tertiary/aromatic N) is 4. The maximum absolute atomic E-state index is 6.56. The number of hydrogen-bond acceptors (Lipinski definition) is 4. The minimum absolute atomic E-state index is 0.0905. The lowest BCUT2D eigenvalue weighted by molar-refractivity contribution is 0.0955. The highest BCUT2D eigenvalue weighted by Gasteiger charge is 2.35. The average Bonchev–Trinajstić information content (AvgIpc) is 3.25. The molecule has 0 bridgehead atoms. The molecule has 0 radical (unpaired) electrons. The Kier molecular flexibility index (Phi) is 4.08. The zero-order valence-electron chi connectivity index (χ0n) is 14.0. The average molecular weight is 324 g/mol. The van der Waals surface area contributed by atoms with Gasteiger partial charge in [0.15, 0.2) is 0 Å². The van der Waals surface area contributed by atoms with Crippen molar-refractivity contribution in [3.05, 3.63) is 48.7 Å². The number of aromatic amines is 1. The zero-order chi connectivity index (χ0) is 16.5. The summed E-state index contributed by atoms with van der Waals surface area (Å²) in [4.78, 5) is 5.97. The minimum atomic E-state index is 0.0905. The van der Waals surface area contributed by atoms with Crippen LogP contribution in [-0.4, -0.2) is 43.8 Å². The van der Waals surface area contributed by atoms with E-state index in [2.05, 4.69) is 62.0 Å². The maximum atomic E-state index is 6.56. The van der Waals surface area contributed by atoms with Crippen molar-refractivity contribution in [1.82, 2.24) is 24.6 Å². The fourth-order valence-corrected chi connectivity index (χ4v) is 3.99. The summed E-state index contributed by atoms with van der Waals surface area (Å²) in [5.74, 6) is 0. The normalized spacial score (nSPS) is 25.3. The lowest BCUT2D eigenvalue weighted by Crippen LogP contribution is -2.49. The number of benzene rings is 1. The first-order valence-electron chi connectivity index (χ1n) is 8.67. The molecule has 3 aromatic rings. The summed E-state index contributed by atoms with van der Waals surface area (Å²) in [6.07, 6.45) is 7.78. The van der Waals surface area contributed by atoms with Gasteiger partial charge in [0.05, 0.1) is 6.04 Å². The van der Waals surface area contributed by atoms with E-state index in [0.717, 1.165) is 25.9 Å². The molecule has 1 fully saturated rings. The van der Waals surface area contributed by atoms with Crippen molar-refractivity contribution in [2.75, 3.05) is 13.1 Å². The van der Waals surface area contributed by atoms with E-state index in [0.29, 0.717) is 6.04 Å². The third kappa shape index (κ3) is 2.61. The van der Waals surface area contributed by atoms with Crippen molar-refractivity contribution in [3.8, 4) is 0 Å². The highest BCUT2D eigenvalue weighted by atomic mass is 15.3. The van der Waals surface area contributed by atoms with Gasteiger partial charge in [0.2, 0.25) is 0 Å². The highest BCUT2D eigenvalue weighted by Crippen LogP contribution is 2.37. The summed E-state index contributed by atoms with van der Waals surface area (Å²) < 4.78 is 2.05. The first-order valence-corrected chi connectivity index (χ1v) is 8.67. The van der Waals surface area contributed by atoms with Crippen molar-refractivity contribution in [2.45, 2.75) is 37.9 Å². The van der Waals surface area contributed by atoms with E-state index in [1.54, 1.807) is 12.7 Å². The predicted molar refractivity (Wildman–Crippen MR) is 94.6 cm³/mol. The van der Waals surface area contributed by atoms with Gasteiger partial charge in [-0.05, 0) is 31.0 Å². The number of nitrogens with two attached hydrogens (primary N) is 1. The maximum Gasteiger partial charge on any atom is 0.119 e. The van der Waals surface area contributed by atoms with Crippen LogP contribution in [0.25, 0.3) is 10.9 Å². The molecule has 6 heteroatoms. The molecule has 0 amide bonds. The van der Waals surface area contributed by atoms with Crippen LogP contribution in [0.5, 0.6) is 0 Å². The van der Waals surface area contributed by atoms with Crippen molar-refractivity contribution in [2.24, 2.45) is 5.73 Å². The molecule has 3 N–H and O–H groups in total.